The minimum atomic E-state index is -1.41. The molecule has 4 aliphatic heterocycles. The molecule has 1 aliphatic carbocycles. The number of benzene rings is 4. The van der Waals surface area contributed by atoms with Crippen LogP contribution in [0.25, 0.3) is 33.4 Å². The Morgan fingerprint density at radius 1 is 0.967 bits per heavy atom. The number of fused-ring (bicyclic) bond motifs is 3. The molecule has 3 aromatic carbocycles. The van der Waals surface area contributed by atoms with Crippen LogP contribution in [0.1, 0.15) is 32.7 Å². The van der Waals surface area contributed by atoms with Gasteiger partial charge in [-0.2, -0.15) is 0 Å². The van der Waals surface area contributed by atoms with Gasteiger partial charge >= 0.3 is 6.03 Å². The minimum Gasteiger partial charge on any atom is -0.545 e. The zero-order valence-electron chi connectivity index (χ0n) is 34.8. The fourth-order valence-corrected chi connectivity index (χ4v) is 8.22. The quantitative estimate of drug-likeness (QED) is 0.108. The smallest absolute Gasteiger partial charge is 0.320 e. The van der Waals surface area contributed by atoms with Crippen LogP contribution in [0.5, 0.6) is 5.75 Å². The molecule has 0 unspecified atom stereocenters. The molecule has 2 N–H and O–H groups in total. The van der Waals surface area contributed by atoms with E-state index in [1.54, 1.807) is 17.0 Å². The van der Waals surface area contributed by atoms with Crippen LogP contribution in [0.15, 0.2) is 83.3 Å². The predicted octanol–water partition coefficient (Wildman–Crippen LogP) is 2.63. The number of nitrogens with one attached hydrogen (secondary N) is 2. The van der Waals surface area contributed by atoms with Crippen LogP contribution in [0.3, 0.4) is 0 Å². The number of carbonyl (C=O) groups excluding carboxylic acids is 4. The van der Waals surface area contributed by atoms with E-state index in [1.807, 2.05) is 103 Å². The summed E-state index contributed by atoms with van der Waals surface area (Å²) in [6, 6.07) is 23.5. The maximum atomic E-state index is 13.4. The van der Waals surface area contributed by atoms with Crippen LogP contribution in [0.2, 0.25) is 0 Å². The third-order valence-corrected chi connectivity index (χ3v) is 11.5. The molecule has 0 saturated carbocycles. The van der Waals surface area contributed by atoms with Crippen molar-refractivity contribution in [2.24, 2.45) is 5.92 Å². The van der Waals surface area contributed by atoms with Gasteiger partial charge in [0.2, 0.25) is 11.3 Å². The van der Waals surface area contributed by atoms with E-state index in [0.717, 1.165) is 27.6 Å². The number of hydrogen-bond donors (Lipinski definition) is 2. The first-order chi connectivity index (χ1) is 29.4. The lowest BCUT2D eigenvalue weighted by atomic mass is 9.89. The van der Waals surface area contributed by atoms with Crippen LogP contribution in [0, 0.1) is 5.92 Å². The molecule has 318 valence electrons. The number of aromatic carboxylic acids is 1. The first-order valence-electron chi connectivity index (χ1n) is 20.5. The SMILES string of the molecule is CN(C)c1ccc2c(-c3ccc(C(=O)NCCOc4ccccc4COCC4CN(C(=O)N5CC[C@@H]6OCC(=O)N[C@@H]6C5)C4)cc3C(=O)[O-])c3ccc(=[N+](C)C)cc-3oc2c1. The van der Waals surface area contributed by atoms with Crippen LogP contribution in [-0.4, -0.2) is 126 Å². The average molecular weight is 831 g/mol. The number of amides is 4. The van der Waals surface area contributed by atoms with Crippen molar-refractivity contribution in [1.29, 1.82) is 0 Å². The number of hydrogen-bond acceptors (Lipinski definition) is 10. The van der Waals surface area contributed by atoms with Crippen molar-refractivity contribution in [3.63, 3.8) is 0 Å². The summed E-state index contributed by atoms with van der Waals surface area (Å²) in [6.45, 7) is 3.45. The molecule has 61 heavy (non-hydrogen) atoms. The Hall–Kier alpha value is -6.45. The molecule has 0 spiro atoms. The fraction of sp³-hybridized carbons (Fsp3) is 0.370. The maximum absolute atomic E-state index is 13.4. The van der Waals surface area contributed by atoms with E-state index in [0.29, 0.717) is 74.0 Å². The highest BCUT2D eigenvalue weighted by atomic mass is 16.5. The van der Waals surface area contributed by atoms with Crippen molar-refractivity contribution in [2.75, 3.05) is 85.6 Å². The standard InChI is InChI=1S/C46H50N6O9/c1-49(2)31-10-13-34-40(20-31)61-41-21-32(50(3)4)11-14-35(41)43(34)33-12-9-29(19-36(33)45(55)56)44(54)47-16-18-59-38-8-6-5-7-30(38)26-58-25-28-22-52(23-28)46(57)51-17-15-39-37(24-51)48-42(53)27-60-39/h5-14,19-21,28,37,39H,15-18,22-27H2,1-4H3,(H2-,47,48,53,54,55,56)/t37-,39+/m1/s1. The molecule has 4 heterocycles. The van der Waals surface area contributed by atoms with Crippen molar-refractivity contribution >= 4 is 40.5 Å². The second-order valence-corrected chi connectivity index (χ2v) is 16.2. The summed E-state index contributed by atoms with van der Waals surface area (Å²) < 4.78 is 26.1. The molecule has 15 nitrogen and oxygen atoms in total. The van der Waals surface area contributed by atoms with Gasteiger partial charge in [0.15, 0.2) is 0 Å². The second-order valence-electron chi connectivity index (χ2n) is 16.2. The molecule has 5 aliphatic rings. The van der Waals surface area contributed by atoms with Crippen LogP contribution in [0.4, 0.5) is 10.5 Å². The van der Waals surface area contributed by atoms with Gasteiger partial charge in [0.25, 0.3) is 5.91 Å². The van der Waals surface area contributed by atoms with Gasteiger partial charge in [-0.25, -0.2) is 9.37 Å². The van der Waals surface area contributed by atoms with Gasteiger partial charge in [0.05, 0.1) is 43.9 Å². The number of urea groups is 1. The molecular weight excluding hydrogens is 781 g/mol. The number of likely N-dealkylation sites (tertiary alicyclic amines) is 2. The van der Waals surface area contributed by atoms with Crippen LogP contribution in [-0.2, 0) is 20.9 Å². The molecule has 0 aromatic heterocycles. The van der Waals surface area contributed by atoms with Gasteiger partial charge < -0.3 is 53.9 Å². The normalized spacial score (nSPS) is 17.7. The zero-order chi connectivity index (χ0) is 42.8. The van der Waals surface area contributed by atoms with Gasteiger partial charge in [0.1, 0.15) is 44.4 Å². The van der Waals surface area contributed by atoms with Gasteiger partial charge in [-0.05, 0) is 48.4 Å². The highest BCUT2D eigenvalue weighted by molar-refractivity contribution is 6.09. The van der Waals surface area contributed by atoms with Crippen molar-refractivity contribution in [1.82, 2.24) is 25.0 Å². The van der Waals surface area contributed by atoms with E-state index in [4.69, 9.17) is 18.6 Å². The largest absolute Gasteiger partial charge is 0.545 e. The summed E-state index contributed by atoms with van der Waals surface area (Å²) >= 11 is 0. The predicted molar refractivity (Wildman–Crippen MR) is 226 cm³/mol. The third kappa shape index (κ3) is 8.89. The monoisotopic (exact) mass is 830 g/mol. The topological polar surface area (TPSA) is 169 Å². The fourth-order valence-electron chi connectivity index (χ4n) is 8.22. The lowest BCUT2D eigenvalue weighted by Crippen LogP contribution is -2.64. The molecule has 3 fully saturated rings. The first-order valence-corrected chi connectivity index (χ1v) is 20.5. The molecular formula is C46H50N6O9. The molecule has 0 radical (unpaired) electrons. The van der Waals surface area contributed by atoms with Gasteiger partial charge in [-0.1, -0.05) is 24.3 Å². The molecule has 3 saturated heterocycles. The number of carboxylic acids is 1. The summed E-state index contributed by atoms with van der Waals surface area (Å²) in [7, 11) is 7.75. The number of morpholine rings is 1. The highest BCUT2D eigenvalue weighted by Gasteiger charge is 2.40. The van der Waals surface area contributed by atoms with Crippen LogP contribution >= 0.6 is 0 Å². The summed E-state index contributed by atoms with van der Waals surface area (Å²) in [5.41, 5.74) is 4.20. The molecule has 0 bridgehead atoms. The van der Waals surface area contributed by atoms with E-state index in [-0.39, 0.29) is 60.9 Å². The van der Waals surface area contributed by atoms with E-state index < -0.39 is 11.9 Å². The Morgan fingerprint density at radius 2 is 1.77 bits per heavy atom. The van der Waals surface area contributed by atoms with Crippen molar-refractivity contribution in [3.05, 3.63) is 101 Å². The molecule has 3 aromatic rings. The van der Waals surface area contributed by atoms with E-state index in [9.17, 15) is 24.3 Å². The lowest BCUT2D eigenvalue weighted by molar-refractivity contribution is -0.254. The molecule has 15 heteroatoms. The van der Waals surface area contributed by atoms with Gasteiger partial charge in [-0.15, -0.1) is 0 Å². The van der Waals surface area contributed by atoms with Crippen LogP contribution < -0.4 is 35.3 Å². The number of anilines is 1. The second kappa shape index (κ2) is 17.6. The zero-order valence-corrected chi connectivity index (χ0v) is 34.8. The summed E-state index contributed by atoms with van der Waals surface area (Å²) in [6.07, 6.45) is 0.654. The summed E-state index contributed by atoms with van der Waals surface area (Å²) in [4.78, 5) is 56.5. The summed E-state index contributed by atoms with van der Waals surface area (Å²) in [5.74, 6) is -0.587. The number of ether oxygens (including phenoxy) is 3. The van der Waals surface area contributed by atoms with Gasteiger partial charge in [-0.3, -0.25) is 9.59 Å². The Morgan fingerprint density at radius 3 is 2.56 bits per heavy atom. The Labute approximate surface area is 353 Å². The maximum Gasteiger partial charge on any atom is 0.320 e. The lowest BCUT2D eigenvalue weighted by Gasteiger charge is -2.46. The number of carboxylic acid groups (broad SMARTS) is 1. The minimum absolute atomic E-state index is 0.0270. The van der Waals surface area contributed by atoms with Crippen molar-refractivity contribution in [3.8, 4) is 28.2 Å². The Bertz CT molecular complexity index is 2530. The number of para-hydroxylation sites is 1. The number of carbonyl (C=O) groups is 4. The number of piperidine rings is 1. The molecule has 8 rings (SSSR count). The molecule has 4 amide bonds. The average Bonchev–Trinajstić information content (AvgIpc) is 3.24. The van der Waals surface area contributed by atoms with Crippen molar-refractivity contribution < 1.29 is 42.9 Å². The van der Waals surface area contributed by atoms with E-state index >= 15 is 0 Å². The summed E-state index contributed by atoms with van der Waals surface area (Å²) in [5, 5.41) is 20.1. The van der Waals surface area contributed by atoms with Crippen molar-refractivity contribution in [2.45, 2.75) is 25.2 Å². The number of nitrogens with zero attached hydrogens (tertiary/aromatic N) is 4. The highest BCUT2D eigenvalue weighted by Crippen LogP contribution is 2.42. The third-order valence-electron chi connectivity index (χ3n) is 11.5. The Kier molecular flexibility index (Phi) is 11.9. The first kappa shape index (κ1) is 41.3. The van der Waals surface area contributed by atoms with E-state index in [1.165, 1.54) is 6.07 Å². The Balaban J connectivity index is 0.863. The number of rotatable bonds is 12. The van der Waals surface area contributed by atoms with Gasteiger partial charge in [0, 0.05) is 97.2 Å². The molecule has 2 atom stereocenters. The van der Waals surface area contributed by atoms with E-state index in [2.05, 4.69) is 10.6 Å².